The molecule has 1 amide bonds. The maximum Gasteiger partial charge on any atom is 0.453 e. The van der Waals surface area contributed by atoms with Gasteiger partial charge in [-0.2, -0.15) is 22.7 Å². The van der Waals surface area contributed by atoms with Crippen molar-refractivity contribution in [2.24, 2.45) is 5.92 Å². The van der Waals surface area contributed by atoms with E-state index < -0.39 is 12.0 Å². The molecule has 0 bridgehead atoms. The fourth-order valence-corrected chi connectivity index (χ4v) is 3.61. The Balaban J connectivity index is 1.40. The van der Waals surface area contributed by atoms with Crippen LogP contribution in [0.1, 0.15) is 31.2 Å². The number of amides is 1. The van der Waals surface area contributed by atoms with Gasteiger partial charge in [-0.15, -0.1) is 5.10 Å². The van der Waals surface area contributed by atoms with E-state index in [1.807, 2.05) is 12.1 Å². The molecular weight excluding hydrogens is 409 g/mol. The number of hydrogen-bond acceptors (Lipinski definition) is 5. The van der Waals surface area contributed by atoms with Gasteiger partial charge in [0.15, 0.2) is 0 Å². The number of benzene rings is 1. The molecule has 2 aromatic heterocycles. The molecule has 1 aliphatic heterocycles. The van der Waals surface area contributed by atoms with Crippen LogP contribution in [0.4, 0.5) is 13.2 Å². The lowest BCUT2D eigenvalue weighted by molar-refractivity contribution is -0.144. The predicted molar refractivity (Wildman–Crippen MR) is 108 cm³/mol. The van der Waals surface area contributed by atoms with Crippen LogP contribution in [0.5, 0.6) is 0 Å². The van der Waals surface area contributed by atoms with Crippen LogP contribution in [0, 0.1) is 5.92 Å². The molecule has 1 N–H and O–H groups in total. The van der Waals surface area contributed by atoms with Crippen molar-refractivity contribution < 1.29 is 18.0 Å². The number of aromatic nitrogens is 4. The Bertz CT molecular complexity index is 1060. The molecule has 1 aliphatic rings. The van der Waals surface area contributed by atoms with E-state index >= 15 is 0 Å². The molecule has 1 fully saturated rings. The van der Waals surface area contributed by atoms with Crippen molar-refractivity contribution in [3.63, 3.8) is 0 Å². The topological polar surface area (TPSA) is 75.4 Å². The number of fused-ring (bicyclic) bond motifs is 1. The molecule has 10 heteroatoms. The fraction of sp³-hybridized carbons (Fsp3) is 0.429. The van der Waals surface area contributed by atoms with Crippen LogP contribution in [0.3, 0.4) is 0 Å². The van der Waals surface area contributed by atoms with Crippen molar-refractivity contribution in [2.45, 2.75) is 32.5 Å². The Hall–Kier alpha value is -3.01. The molecule has 164 valence electrons. The van der Waals surface area contributed by atoms with Crippen molar-refractivity contribution in [2.75, 3.05) is 19.6 Å². The zero-order valence-electron chi connectivity index (χ0n) is 17.1. The summed E-state index contributed by atoms with van der Waals surface area (Å²) >= 11 is 0. The first kappa shape index (κ1) is 21.2. The van der Waals surface area contributed by atoms with Gasteiger partial charge in [0, 0.05) is 18.3 Å². The molecule has 0 saturated carbocycles. The maximum atomic E-state index is 12.9. The number of carbonyl (C=O) groups is 1. The first-order chi connectivity index (χ1) is 14.8. The van der Waals surface area contributed by atoms with E-state index in [1.165, 1.54) is 6.20 Å². The largest absolute Gasteiger partial charge is 0.453 e. The number of hydrogen-bond donors (Lipinski definition) is 1. The Kier molecular flexibility index (Phi) is 5.90. The van der Waals surface area contributed by atoms with Crippen molar-refractivity contribution in [3.05, 3.63) is 47.9 Å². The average Bonchev–Trinajstić information content (AvgIpc) is 3.19. The highest BCUT2D eigenvalue weighted by Gasteiger charge is 2.36. The molecule has 0 spiro atoms. The Morgan fingerprint density at radius 3 is 2.55 bits per heavy atom. The van der Waals surface area contributed by atoms with Crippen LogP contribution in [-0.2, 0) is 17.5 Å². The summed E-state index contributed by atoms with van der Waals surface area (Å²) in [6.45, 7) is 4.91. The minimum Gasteiger partial charge on any atom is -0.351 e. The molecule has 4 rings (SSSR count). The number of carbonyl (C=O) groups excluding carboxylic acids is 1. The number of nitrogens with zero attached hydrogens (tertiary/aromatic N) is 5. The number of alkyl halides is 3. The van der Waals surface area contributed by atoms with Gasteiger partial charge >= 0.3 is 6.18 Å². The first-order valence-electron chi connectivity index (χ1n) is 10.2. The lowest BCUT2D eigenvalue weighted by atomic mass is 9.99. The third-order valence-corrected chi connectivity index (χ3v) is 5.48. The lowest BCUT2D eigenvalue weighted by Gasteiger charge is -2.29. The van der Waals surface area contributed by atoms with Gasteiger partial charge in [0.05, 0.1) is 12.2 Å². The van der Waals surface area contributed by atoms with Crippen LogP contribution in [0.15, 0.2) is 36.5 Å². The fourth-order valence-electron chi connectivity index (χ4n) is 3.61. The van der Waals surface area contributed by atoms with Crippen molar-refractivity contribution in [3.8, 4) is 11.3 Å². The second-order valence-corrected chi connectivity index (χ2v) is 7.91. The van der Waals surface area contributed by atoms with E-state index in [2.05, 4.69) is 32.2 Å². The highest BCUT2D eigenvalue weighted by atomic mass is 19.4. The van der Waals surface area contributed by atoms with Crippen LogP contribution in [-0.4, -0.2) is 50.0 Å². The molecular formula is C21H23F3N6O. The highest BCUT2D eigenvalue weighted by molar-refractivity contribution is 5.78. The molecule has 1 saturated heterocycles. The number of piperidine rings is 1. The van der Waals surface area contributed by atoms with Gasteiger partial charge in [-0.25, -0.2) is 4.98 Å². The van der Waals surface area contributed by atoms with Crippen LogP contribution in [0.25, 0.3) is 17.0 Å². The van der Waals surface area contributed by atoms with Gasteiger partial charge in [-0.3, -0.25) is 9.69 Å². The zero-order valence-corrected chi connectivity index (χ0v) is 17.1. The standard InChI is InChI=1S/C21H23F3N6O/c1-14-7-10-29(11-8-14)13-18(31)26-12-15-2-4-16(5-3-15)17-6-9-25-20-27-19(21(22,23)24)28-30(17)20/h2-6,9,14H,7-8,10-13H2,1H3,(H,26,31). The van der Waals surface area contributed by atoms with Crippen LogP contribution < -0.4 is 5.32 Å². The lowest BCUT2D eigenvalue weighted by Crippen LogP contribution is -2.41. The monoisotopic (exact) mass is 432 g/mol. The van der Waals surface area contributed by atoms with Crippen LogP contribution >= 0.6 is 0 Å². The summed E-state index contributed by atoms with van der Waals surface area (Å²) in [7, 11) is 0. The highest BCUT2D eigenvalue weighted by Crippen LogP contribution is 2.28. The molecule has 1 aromatic carbocycles. The summed E-state index contributed by atoms with van der Waals surface area (Å²) in [5, 5.41) is 6.48. The summed E-state index contributed by atoms with van der Waals surface area (Å²) < 4.78 is 39.9. The molecule has 0 radical (unpaired) electrons. The summed E-state index contributed by atoms with van der Waals surface area (Å²) in [5.41, 5.74) is 2.01. The van der Waals surface area contributed by atoms with Crippen molar-refractivity contribution >= 4 is 11.7 Å². The van der Waals surface area contributed by atoms with Crippen LogP contribution in [0.2, 0.25) is 0 Å². The quantitative estimate of drug-likeness (QED) is 0.670. The van der Waals surface area contributed by atoms with Gasteiger partial charge < -0.3 is 5.32 Å². The Morgan fingerprint density at radius 2 is 1.87 bits per heavy atom. The Labute approximate surface area is 177 Å². The molecule has 31 heavy (non-hydrogen) atoms. The van der Waals surface area contributed by atoms with E-state index in [1.54, 1.807) is 18.2 Å². The summed E-state index contributed by atoms with van der Waals surface area (Å²) in [4.78, 5) is 21.7. The van der Waals surface area contributed by atoms with Gasteiger partial charge in [0.2, 0.25) is 5.91 Å². The molecule has 0 unspecified atom stereocenters. The molecule has 3 heterocycles. The van der Waals surface area contributed by atoms with Gasteiger partial charge in [0.1, 0.15) is 0 Å². The van der Waals surface area contributed by atoms with E-state index in [0.717, 1.165) is 41.9 Å². The zero-order chi connectivity index (χ0) is 22.0. The van der Waals surface area contributed by atoms with Gasteiger partial charge in [-0.05, 0) is 43.5 Å². The van der Waals surface area contributed by atoms with E-state index in [0.29, 0.717) is 24.3 Å². The first-order valence-corrected chi connectivity index (χ1v) is 10.2. The van der Waals surface area contributed by atoms with E-state index in [9.17, 15) is 18.0 Å². The average molecular weight is 432 g/mol. The normalized spacial score (nSPS) is 16.0. The minimum atomic E-state index is -4.64. The van der Waals surface area contributed by atoms with Crippen molar-refractivity contribution in [1.82, 2.24) is 29.8 Å². The third-order valence-electron chi connectivity index (χ3n) is 5.48. The number of rotatable bonds is 5. The predicted octanol–water partition coefficient (Wildman–Crippen LogP) is 3.16. The summed E-state index contributed by atoms with van der Waals surface area (Å²) in [6, 6.07) is 8.78. The minimum absolute atomic E-state index is 0.0169. The van der Waals surface area contributed by atoms with Gasteiger partial charge in [-0.1, -0.05) is 31.2 Å². The third kappa shape index (κ3) is 5.01. The Morgan fingerprint density at radius 1 is 1.16 bits per heavy atom. The molecule has 3 aromatic rings. The number of nitrogens with one attached hydrogen (secondary N) is 1. The van der Waals surface area contributed by atoms with Crippen molar-refractivity contribution in [1.29, 1.82) is 0 Å². The van der Waals surface area contributed by atoms with Gasteiger partial charge in [0.25, 0.3) is 11.6 Å². The molecule has 7 nitrogen and oxygen atoms in total. The summed E-state index contributed by atoms with van der Waals surface area (Å²) in [5.74, 6) is -0.642. The van der Waals surface area contributed by atoms with E-state index in [-0.39, 0.29) is 11.7 Å². The second kappa shape index (κ2) is 8.62. The number of halogens is 3. The maximum absolute atomic E-state index is 12.9. The number of likely N-dealkylation sites (tertiary alicyclic amines) is 1. The molecule has 0 aliphatic carbocycles. The smallest absolute Gasteiger partial charge is 0.351 e. The molecule has 0 atom stereocenters. The second-order valence-electron chi connectivity index (χ2n) is 7.91. The SMILES string of the molecule is CC1CCN(CC(=O)NCc2ccc(-c3ccnc4nc(C(F)(F)F)nn34)cc2)CC1. The summed E-state index contributed by atoms with van der Waals surface area (Å²) in [6.07, 6.45) is -1.00. The van der Waals surface area contributed by atoms with E-state index in [4.69, 9.17) is 0 Å².